The Bertz CT molecular complexity index is 777. The predicted octanol–water partition coefficient (Wildman–Crippen LogP) is 2.36. The number of carbonyl (C=O) groups is 2. The van der Waals surface area contributed by atoms with Crippen LogP contribution in [-0.2, 0) is 14.3 Å². The lowest BCUT2D eigenvalue weighted by Gasteiger charge is -2.28. The Balaban J connectivity index is 1.51. The van der Waals surface area contributed by atoms with Gasteiger partial charge in [-0.1, -0.05) is 23.4 Å². The van der Waals surface area contributed by atoms with Crippen molar-refractivity contribution in [2.45, 2.75) is 4.34 Å². The van der Waals surface area contributed by atoms with Crippen LogP contribution in [0.15, 0.2) is 22.5 Å². The molecule has 134 valence electrons. The smallest absolute Gasteiger partial charge is 0.242 e. The van der Waals surface area contributed by atoms with E-state index in [4.69, 9.17) is 16.3 Å². The van der Waals surface area contributed by atoms with Crippen LogP contribution in [0.2, 0.25) is 5.02 Å². The number of benzene rings is 1. The van der Waals surface area contributed by atoms with E-state index in [1.807, 2.05) is 18.2 Å². The molecule has 1 saturated heterocycles. The van der Waals surface area contributed by atoms with Crippen LogP contribution < -0.4 is 0 Å². The van der Waals surface area contributed by atoms with Gasteiger partial charge in [0, 0.05) is 25.2 Å². The van der Waals surface area contributed by atoms with Gasteiger partial charge in [-0.25, -0.2) is 4.98 Å². The van der Waals surface area contributed by atoms with E-state index in [0.717, 1.165) is 14.6 Å². The van der Waals surface area contributed by atoms with Crippen LogP contribution >= 0.6 is 34.7 Å². The number of carbonyl (C=O) groups excluding carboxylic acids is 2. The molecule has 1 aromatic heterocycles. The number of fused-ring (bicyclic) bond motifs is 1. The highest BCUT2D eigenvalue weighted by molar-refractivity contribution is 8.01. The Morgan fingerprint density at radius 1 is 1.40 bits per heavy atom. The topological polar surface area (TPSA) is 62.7 Å². The van der Waals surface area contributed by atoms with E-state index >= 15 is 0 Å². The first-order valence-electron chi connectivity index (χ1n) is 7.81. The first-order valence-corrected chi connectivity index (χ1v) is 9.99. The molecule has 0 N–H and O–H groups in total. The molecular weight excluding hydrogens is 382 g/mol. The zero-order valence-electron chi connectivity index (χ0n) is 13.7. The molecule has 9 heteroatoms. The van der Waals surface area contributed by atoms with Gasteiger partial charge in [0.25, 0.3) is 0 Å². The number of likely N-dealkylation sites (N-methyl/N-ethyl adjacent to an activating group) is 1. The first kappa shape index (κ1) is 18.4. The summed E-state index contributed by atoms with van der Waals surface area (Å²) >= 11 is 8.87. The Labute approximate surface area is 159 Å². The summed E-state index contributed by atoms with van der Waals surface area (Å²) in [5.74, 6) is 0.114. The zero-order valence-corrected chi connectivity index (χ0v) is 16.1. The lowest BCUT2D eigenvalue weighted by molar-refractivity contribution is -0.140. The second-order valence-electron chi connectivity index (χ2n) is 5.62. The van der Waals surface area contributed by atoms with Crippen molar-refractivity contribution in [3.05, 3.63) is 23.2 Å². The maximum absolute atomic E-state index is 12.3. The molecule has 0 aliphatic carbocycles. The maximum Gasteiger partial charge on any atom is 0.242 e. The number of rotatable bonds is 5. The third-order valence-electron chi connectivity index (χ3n) is 3.81. The molecule has 0 spiro atoms. The molecule has 0 radical (unpaired) electrons. The number of thiazole rings is 1. The van der Waals surface area contributed by atoms with Crippen LogP contribution in [0.3, 0.4) is 0 Å². The Morgan fingerprint density at radius 3 is 2.92 bits per heavy atom. The zero-order chi connectivity index (χ0) is 17.8. The molecule has 1 fully saturated rings. The summed E-state index contributed by atoms with van der Waals surface area (Å²) in [4.78, 5) is 32.1. The Hall–Kier alpha value is -1.35. The number of amides is 2. The second-order valence-corrected chi connectivity index (χ2v) is 8.31. The highest BCUT2D eigenvalue weighted by Crippen LogP contribution is 2.31. The fraction of sp³-hybridized carbons (Fsp3) is 0.438. The van der Waals surface area contributed by atoms with E-state index in [-0.39, 0.29) is 24.1 Å². The molecular formula is C16H18ClN3O3S2. The predicted molar refractivity (Wildman–Crippen MR) is 100 cm³/mol. The Kier molecular flexibility index (Phi) is 6.16. The summed E-state index contributed by atoms with van der Waals surface area (Å²) in [6, 6.07) is 5.56. The van der Waals surface area contributed by atoms with Crippen LogP contribution in [0, 0.1) is 0 Å². The fourth-order valence-corrected chi connectivity index (χ4v) is 4.53. The molecule has 1 aliphatic rings. The summed E-state index contributed by atoms with van der Waals surface area (Å²) < 4.78 is 7.09. The van der Waals surface area contributed by atoms with Gasteiger partial charge in [0.1, 0.15) is 0 Å². The van der Waals surface area contributed by atoms with Crippen molar-refractivity contribution in [3.8, 4) is 0 Å². The van der Waals surface area contributed by atoms with Crippen molar-refractivity contribution in [1.82, 2.24) is 14.8 Å². The minimum absolute atomic E-state index is 0.0428. The number of nitrogens with zero attached hydrogens (tertiary/aromatic N) is 3. The third kappa shape index (κ3) is 4.84. The fourth-order valence-electron chi connectivity index (χ4n) is 2.38. The van der Waals surface area contributed by atoms with Crippen molar-refractivity contribution in [2.75, 3.05) is 45.6 Å². The molecule has 0 saturated carbocycles. The summed E-state index contributed by atoms with van der Waals surface area (Å²) in [5, 5.41) is 0.645. The normalized spacial score (nSPS) is 14.7. The number of halogens is 1. The minimum atomic E-state index is -0.0936. The van der Waals surface area contributed by atoms with Crippen molar-refractivity contribution in [3.63, 3.8) is 0 Å². The van der Waals surface area contributed by atoms with E-state index in [1.54, 1.807) is 11.9 Å². The summed E-state index contributed by atoms with van der Waals surface area (Å²) in [6.45, 7) is 2.38. The van der Waals surface area contributed by atoms with Gasteiger partial charge in [-0.15, -0.1) is 11.3 Å². The molecule has 1 aliphatic heterocycles. The van der Waals surface area contributed by atoms with Crippen molar-refractivity contribution in [2.24, 2.45) is 0 Å². The van der Waals surface area contributed by atoms with Crippen molar-refractivity contribution in [1.29, 1.82) is 0 Å². The molecule has 6 nitrogen and oxygen atoms in total. The van der Waals surface area contributed by atoms with E-state index in [2.05, 4.69) is 4.98 Å². The standard InChI is InChI=1S/C16H18ClN3O3S2/c1-19(9-14(21)20-4-6-23-7-5-20)15(22)10-24-16-18-12-8-11(17)2-3-13(12)25-16/h2-3,8H,4-7,9-10H2,1H3. The maximum atomic E-state index is 12.3. The summed E-state index contributed by atoms with van der Waals surface area (Å²) in [6.07, 6.45) is 0. The minimum Gasteiger partial charge on any atom is -0.378 e. The second kappa shape index (κ2) is 8.35. The molecule has 3 rings (SSSR count). The van der Waals surface area contributed by atoms with E-state index in [9.17, 15) is 9.59 Å². The molecule has 0 atom stereocenters. The van der Waals surface area contributed by atoms with Crippen molar-refractivity contribution >= 4 is 56.7 Å². The van der Waals surface area contributed by atoms with Crippen LogP contribution in [0.1, 0.15) is 0 Å². The monoisotopic (exact) mass is 399 g/mol. The third-order valence-corrected chi connectivity index (χ3v) is 6.21. The molecule has 1 aromatic carbocycles. The molecule has 2 heterocycles. The number of hydrogen-bond donors (Lipinski definition) is 0. The number of thioether (sulfide) groups is 1. The average Bonchev–Trinajstić information content (AvgIpc) is 3.02. The van der Waals surface area contributed by atoms with Gasteiger partial charge in [-0.3, -0.25) is 9.59 Å². The van der Waals surface area contributed by atoms with Gasteiger partial charge in [-0.05, 0) is 18.2 Å². The number of morpholine rings is 1. The first-order chi connectivity index (χ1) is 12.0. The quantitative estimate of drug-likeness (QED) is 0.722. The van der Waals surface area contributed by atoms with E-state index < -0.39 is 0 Å². The lowest BCUT2D eigenvalue weighted by atomic mass is 10.3. The van der Waals surface area contributed by atoms with Gasteiger partial charge in [-0.2, -0.15) is 0 Å². The van der Waals surface area contributed by atoms with Gasteiger partial charge in [0.05, 0.1) is 35.7 Å². The number of hydrogen-bond acceptors (Lipinski definition) is 6. The van der Waals surface area contributed by atoms with Crippen LogP contribution in [0.5, 0.6) is 0 Å². The molecule has 0 bridgehead atoms. The number of ether oxygens (including phenoxy) is 1. The summed E-state index contributed by atoms with van der Waals surface area (Å²) in [7, 11) is 1.65. The molecule has 2 amide bonds. The lowest BCUT2D eigenvalue weighted by Crippen LogP contribution is -2.46. The molecule has 2 aromatic rings. The van der Waals surface area contributed by atoms with Crippen molar-refractivity contribution < 1.29 is 14.3 Å². The van der Waals surface area contributed by atoms with E-state index in [0.29, 0.717) is 31.3 Å². The molecule has 0 unspecified atom stereocenters. The summed E-state index contributed by atoms with van der Waals surface area (Å²) in [5.41, 5.74) is 0.836. The van der Waals surface area contributed by atoms with Gasteiger partial charge >= 0.3 is 0 Å². The average molecular weight is 400 g/mol. The highest BCUT2D eigenvalue weighted by atomic mass is 35.5. The van der Waals surface area contributed by atoms with E-state index in [1.165, 1.54) is 28.0 Å². The van der Waals surface area contributed by atoms with Crippen LogP contribution in [0.4, 0.5) is 0 Å². The van der Waals surface area contributed by atoms with Gasteiger partial charge in [0.15, 0.2) is 4.34 Å². The van der Waals surface area contributed by atoms with Gasteiger partial charge < -0.3 is 14.5 Å². The Morgan fingerprint density at radius 2 is 2.16 bits per heavy atom. The van der Waals surface area contributed by atoms with Crippen LogP contribution in [-0.4, -0.2) is 72.2 Å². The highest BCUT2D eigenvalue weighted by Gasteiger charge is 2.20. The largest absolute Gasteiger partial charge is 0.378 e. The number of aromatic nitrogens is 1. The molecule has 25 heavy (non-hydrogen) atoms. The van der Waals surface area contributed by atoms with Gasteiger partial charge in [0.2, 0.25) is 11.8 Å². The van der Waals surface area contributed by atoms with Crippen LogP contribution in [0.25, 0.3) is 10.2 Å². The SMILES string of the molecule is CN(CC(=O)N1CCOCC1)C(=O)CSc1nc2cc(Cl)ccc2s1.